The van der Waals surface area contributed by atoms with E-state index in [-0.39, 0.29) is 6.04 Å². The Kier molecular flexibility index (Phi) is 7.00. The van der Waals surface area contributed by atoms with Gasteiger partial charge in [0.2, 0.25) is 0 Å². The Morgan fingerprint density at radius 2 is 1.74 bits per heavy atom. The quantitative estimate of drug-likeness (QED) is 0.662. The molecule has 0 saturated carbocycles. The second-order valence-electron chi connectivity index (χ2n) is 5.17. The third-order valence-corrected chi connectivity index (χ3v) is 3.60. The lowest BCUT2D eigenvalue weighted by Gasteiger charge is -2.18. The Bertz CT molecular complexity index is 391. The van der Waals surface area contributed by atoms with Crippen molar-refractivity contribution in [1.82, 2.24) is 5.32 Å². The Morgan fingerprint density at radius 1 is 1.05 bits per heavy atom. The molecule has 0 saturated heterocycles. The van der Waals surface area contributed by atoms with Gasteiger partial charge in [-0.3, -0.25) is 0 Å². The highest BCUT2D eigenvalue weighted by Gasteiger charge is 2.15. The molecule has 0 heterocycles. The average molecular weight is 269 g/mol. The smallest absolute Gasteiger partial charge is 0.130 e. The van der Waals surface area contributed by atoms with Crippen LogP contribution < -0.4 is 5.32 Å². The molecule has 1 N–H and O–H groups in total. The summed E-state index contributed by atoms with van der Waals surface area (Å²) in [6.07, 6.45) is 6.85. The van der Waals surface area contributed by atoms with E-state index in [1.54, 1.807) is 13.0 Å². The first-order chi connectivity index (χ1) is 9.10. The maximum Gasteiger partial charge on any atom is 0.130 e. The van der Waals surface area contributed by atoms with Crippen LogP contribution in [0.15, 0.2) is 12.1 Å². The predicted molar refractivity (Wildman–Crippen MR) is 76.3 cm³/mol. The van der Waals surface area contributed by atoms with E-state index in [0.717, 1.165) is 18.9 Å². The highest BCUT2D eigenvalue weighted by atomic mass is 19.1. The summed E-state index contributed by atoms with van der Waals surface area (Å²) in [6.45, 7) is 3.86. The summed E-state index contributed by atoms with van der Waals surface area (Å²) in [6, 6.07) is 2.59. The lowest BCUT2D eigenvalue weighted by molar-refractivity contribution is 0.473. The Labute approximate surface area is 115 Å². The minimum absolute atomic E-state index is 0.0269. The van der Waals surface area contributed by atoms with Gasteiger partial charge in [0.1, 0.15) is 11.6 Å². The minimum Gasteiger partial charge on any atom is -0.313 e. The van der Waals surface area contributed by atoms with E-state index < -0.39 is 11.6 Å². The summed E-state index contributed by atoms with van der Waals surface area (Å²) in [7, 11) is 1.83. The van der Waals surface area contributed by atoms with Crippen LogP contribution in [-0.2, 0) is 0 Å². The van der Waals surface area contributed by atoms with Crippen molar-refractivity contribution in [2.75, 3.05) is 7.05 Å². The zero-order chi connectivity index (χ0) is 14.3. The van der Waals surface area contributed by atoms with Crippen LogP contribution in [0.1, 0.15) is 62.6 Å². The number of hydrogen-bond donors (Lipinski definition) is 1. The Morgan fingerprint density at radius 3 is 2.37 bits per heavy atom. The second kappa shape index (κ2) is 8.26. The fourth-order valence-corrected chi connectivity index (χ4v) is 2.35. The van der Waals surface area contributed by atoms with Crippen molar-refractivity contribution in [3.05, 3.63) is 34.9 Å². The topological polar surface area (TPSA) is 12.0 Å². The van der Waals surface area contributed by atoms with E-state index in [9.17, 15) is 8.78 Å². The number of benzene rings is 1. The summed E-state index contributed by atoms with van der Waals surface area (Å²) in [5.41, 5.74) is 1.08. The van der Waals surface area contributed by atoms with Crippen LogP contribution in [0.4, 0.5) is 8.78 Å². The van der Waals surface area contributed by atoms with Crippen LogP contribution in [-0.4, -0.2) is 7.05 Å². The van der Waals surface area contributed by atoms with Gasteiger partial charge in [-0.05, 0) is 32.0 Å². The van der Waals surface area contributed by atoms with E-state index in [4.69, 9.17) is 0 Å². The zero-order valence-electron chi connectivity index (χ0n) is 12.2. The number of halogens is 2. The molecule has 0 bridgehead atoms. The van der Waals surface area contributed by atoms with Crippen molar-refractivity contribution in [1.29, 1.82) is 0 Å². The number of aryl methyl sites for hydroxylation is 1. The van der Waals surface area contributed by atoms with Gasteiger partial charge in [0.05, 0.1) is 0 Å². The molecule has 1 unspecified atom stereocenters. The van der Waals surface area contributed by atoms with E-state index in [2.05, 4.69) is 12.2 Å². The summed E-state index contributed by atoms with van der Waals surface area (Å²) in [5.74, 6) is -0.921. The molecule has 0 amide bonds. The van der Waals surface area contributed by atoms with Gasteiger partial charge in [0.25, 0.3) is 0 Å². The maximum absolute atomic E-state index is 13.8. The monoisotopic (exact) mass is 269 g/mol. The fraction of sp³-hybridized carbons (Fsp3) is 0.625. The molecule has 0 aromatic heterocycles. The zero-order valence-corrected chi connectivity index (χ0v) is 12.2. The van der Waals surface area contributed by atoms with Crippen molar-refractivity contribution in [3.63, 3.8) is 0 Å². The molecule has 0 aliphatic carbocycles. The predicted octanol–water partition coefficient (Wildman–Crippen LogP) is 4.89. The largest absolute Gasteiger partial charge is 0.313 e. The lowest BCUT2D eigenvalue weighted by atomic mass is 9.97. The number of nitrogens with one attached hydrogen (secondary N) is 1. The van der Waals surface area contributed by atoms with Crippen molar-refractivity contribution in [3.8, 4) is 0 Å². The number of hydrogen-bond acceptors (Lipinski definition) is 1. The molecule has 1 nitrogen and oxygen atoms in total. The van der Waals surface area contributed by atoms with Crippen molar-refractivity contribution < 1.29 is 8.78 Å². The fourth-order valence-electron chi connectivity index (χ4n) is 2.35. The Hall–Kier alpha value is -0.960. The van der Waals surface area contributed by atoms with Gasteiger partial charge in [0.15, 0.2) is 0 Å². The maximum atomic E-state index is 13.8. The van der Waals surface area contributed by atoms with Crippen LogP contribution >= 0.6 is 0 Å². The molecule has 0 radical (unpaired) electrons. The Balaban J connectivity index is 2.61. The van der Waals surface area contributed by atoms with Crippen molar-refractivity contribution in [2.45, 2.75) is 58.4 Å². The molecule has 108 valence electrons. The third-order valence-electron chi connectivity index (χ3n) is 3.60. The van der Waals surface area contributed by atoms with Gasteiger partial charge in [0, 0.05) is 17.7 Å². The molecule has 1 aromatic rings. The highest BCUT2D eigenvalue weighted by Crippen LogP contribution is 2.25. The van der Waals surface area contributed by atoms with E-state index in [1.165, 1.54) is 25.7 Å². The molecule has 1 atom stereocenters. The van der Waals surface area contributed by atoms with Crippen LogP contribution in [0.3, 0.4) is 0 Å². The molecule has 1 aromatic carbocycles. The summed E-state index contributed by atoms with van der Waals surface area (Å²) < 4.78 is 27.1. The molecule has 3 heteroatoms. The molecule has 0 fully saturated rings. The number of unbranched alkanes of at least 4 members (excludes halogenated alkanes) is 4. The van der Waals surface area contributed by atoms with Gasteiger partial charge >= 0.3 is 0 Å². The summed E-state index contributed by atoms with van der Waals surface area (Å²) in [5, 5.41) is 3.13. The molecular weight excluding hydrogens is 244 g/mol. The van der Waals surface area contributed by atoms with E-state index in [0.29, 0.717) is 11.1 Å². The van der Waals surface area contributed by atoms with E-state index in [1.807, 2.05) is 7.05 Å². The first-order valence-electron chi connectivity index (χ1n) is 7.23. The first-order valence-corrected chi connectivity index (χ1v) is 7.23. The van der Waals surface area contributed by atoms with Crippen LogP contribution in [0.2, 0.25) is 0 Å². The SMILES string of the molecule is CCCCCCCC(NC)c1cc(C)c(F)cc1F. The van der Waals surface area contributed by atoms with Crippen LogP contribution in [0.25, 0.3) is 0 Å². The standard InChI is InChI=1S/C16H25F2N/c1-4-5-6-7-8-9-16(19-3)13-10-12(2)14(17)11-15(13)18/h10-11,16,19H,4-9H2,1-3H3. The summed E-state index contributed by atoms with van der Waals surface area (Å²) in [4.78, 5) is 0. The second-order valence-corrected chi connectivity index (χ2v) is 5.17. The summed E-state index contributed by atoms with van der Waals surface area (Å²) >= 11 is 0. The molecule has 0 spiro atoms. The average Bonchev–Trinajstić information content (AvgIpc) is 2.39. The van der Waals surface area contributed by atoms with Gasteiger partial charge in [-0.15, -0.1) is 0 Å². The molecule has 19 heavy (non-hydrogen) atoms. The molecule has 0 aliphatic rings. The van der Waals surface area contributed by atoms with Crippen molar-refractivity contribution >= 4 is 0 Å². The number of rotatable bonds is 8. The minimum atomic E-state index is -0.473. The molecule has 1 rings (SSSR count). The van der Waals surface area contributed by atoms with Crippen molar-refractivity contribution in [2.24, 2.45) is 0 Å². The third kappa shape index (κ3) is 4.90. The highest BCUT2D eigenvalue weighted by molar-refractivity contribution is 5.28. The van der Waals surface area contributed by atoms with Gasteiger partial charge < -0.3 is 5.32 Å². The normalized spacial score (nSPS) is 12.7. The van der Waals surface area contributed by atoms with Gasteiger partial charge in [-0.1, -0.05) is 39.0 Å². The van der Waals surface area contributed by atoms with Crippen LogP contribution in [0, 0.1) is 18.6 Å². The first kappa shape index (κ1) is 16.1. The van der Waals surface area contributed by atoms with Gasteiger partial charge in [-0.25, -0.2) is 8.78 Å². The molecular formula is C16H25F2N. The lowest BCUT2D eigenvalue weighted by Crippen LogP contribution is -2.18. The van der Waals surface area contributed by atoms with Gasteiger partial charge in [-0.2, -0.15) is 0 Å². The van der Waals surface area contributed by atoms with Crippen LogP contribution in [0.5, 0.6) is 0 Å². The molecule has 0 aliphatic heterocycles. The van der Waals surface area contributed by atoms with E-state index >= 15 is 0 Å².